The van der Waals surface area contributed by atoms with Gasteiger partial charge in [-0.1, -0.05) is 13.8 Å². The summed E-state index contributed by atoms with van der Waals surface area (Å²) in [7, 11) is 0. The van der Waals surface area contributed by atoms with Gasteiger partial charge in [0.05, 0.1) is 22.8 Å². The van der Waals surface area contributed by atoms with Gasteiger partial charge in [0.15, 0.2) is 0 Å². The van der Waals surface area contributed by atoms with Crippen LogP contribution in [0.2, 0.25) is 0 Å². The zero-order valence-electron chi connectivity index (χ0n) is 18.0. The van der Waals surface area contributed by atoms with E-state index in [1.807, 2.05) is 12.3 Å². The molecule has 156 valence electrons. The first-order valence-electron chi connectivity index (χ1n) is 11.2. The molecule has 5 rings (SSSR count). The van der Waals surface area contributed by atoms with Crippen LogP contribution in [0.1, 0.15) is 69.5 Å². The van der Waals surface area contributed by atoms with E-state index in [2.05, 4.69) is 59.7 Å². The Bertz CT molecular complexity index is 1190. The molecule has 1 saturated carbocycles. The van der Waals surface area contributed by atoms with Crippen LogP contribution in [0.3, 0.4) is 0 Å². The summed E-state index contributed by atoms with van der Waals surface area (Å²) >= 11 is 0. The van der Waals surface area contributed by atoms with Crippen molar-refractivity contribution < 1.29 is 5.11 Å². The second-order valence-corrected chi connectivity index (χ2v) is 8.91. The van der Waals surface area contributed by atoms with Crippen LogP contribution in [0.15, 0.2) is 36.7 Å². The first-order valence-corrected chi connectivity index (χ1v) is 11.2. The number of aryl methyl sites for hydroxylation is 1. The average molecular weight is 403 g/mol. The molecule has 0 amide bonds. The lowest BCUT2D eigenvalue weighted by Gasteiger charge is -2.25. The largest absolute Gasteiger partial charge is 0.393 e. The molecular weight excluding hydrogens is 372 g/mol. The zero-order valence-corrected chi connectivity index (χ0v) is 18.0. The molecule has 5 heteroatoms. The van der Waals surface area contributed by atoms with E-state index in [0.717, 1.165) is 54.6 Å². The van der Waals surface area contributed by atoms with Crippen LogP contribution in [-0.4, -0.2) is 30.7 Å². The summed E-state index contributed by atoms with van der Waals surface area (Å²) in [6, 6.07) is 8.53. The second-order valence-electron chi connectivity index (χ2n) is 8.91. The van der Waals surface area contributed by atoms with Gasteiger partial charge in [-0.2, -0.15) is 0 Å². The predicted molar refractivity (Wildman–Crippen MR) is 122 cm³/mol. The Morgan fingerprint density at radius 1 is 1.17 bits per heavy atom. The van der Waals surface area contributed by atoms with Crippen LogP contribution in [0, 0.1) is 0 Å². The quantitative estimate of drug-likeness (QED) is 0.457. The van der Waals surface area contributed by atoms with Gasteiger partial charge in [0.2, 0.25) is 0 Å². The summed E-state index contributed by atoms with van der Waals surface area (Å²) in [5.41, 5.74) is 8.01. The molecule has 0 bridgehead atoms. The third-order valence-electron chi connectivity index (χ3n) is 6.64. The molecule has 0 aliphatic heterocycles. The number of aromatic nitrogens is 4. The zero-order chi connectivity index (χ0) is 20.8. The molecule has 0 unspecified atom stereocenters. The standard InChI is InChI=1S/C25H30N4O/c1-4-29-14-19(18-6-5-13-26-25(18)29)23-22(15(2)3)24-21(28-23)12-11-20(27-24)16-7-9-17(30)10-8-16/h5-6,11-17,28,30H,4,7-10H2,1-3H3. The molecule has 4 aromatic rings. The first-order chi connectivity index (χ1) is 14.6. The summed E-state index contributed by atoms with van der Waals surface area (Å²) in [5.74, 6) is 0.795. The normalized spacial score (nSPS) is 19.9. The second kappa shape index (κ2) is 7.55. The first kappa shape index (κ1) is 19.3. The van der Waals surface area contributed by atoms with Crippen molar-refractivity contribution in [3.63, 3.8) is 0 Å². The summed E-state index contributed by atoms with van der Waals surface area (Å²) in [6.45, 7) is 7.53. The lowest BCUT2D eigenvalue weighted by molar-refractivity contribution is 0.122. The maximum absolute atomic E-state index is 9.87. The van der Waals surface area contributed by atoms with Gasteiger partial charge in [-0.05, 0) is 62.8 Å². The fourth-order valence-corrected chi connectivity index (χ4v) is 5.04. The highest BCUT2D eigenvalue weighted by atomic mass is 16.3. The Labute approximate surface area is 177 Å². The van der Waals surface area contributed by atoms with Gasteiger partial charge in [0, 0.05) is 47.1 Å². The molecule has 1 fully saturated rings. The predicted octanol–water partition coefficient (Wildman–Crippen LogP) is 5.74. The van der Waals surface area contributed by atoms with Gasteiger partial charge in [0.1, 0.15) is 5.65 Å². The molecule has 0 aromatic carbocycles. The van der Waals surface area contributed by atoms with Crippen LogP contribution >= 0.6 is 0 Å². The van der Waals surface area contributed by atoms with Gasteiger partial charge in [-0.15, -0.1) is 0 Å². The summed E-state index contributed by atoms with van der Waals surface area (Å²) < 4.78 is 2.21. The van der Waals surface area contributed by atoms with E-state index in [0.29, 0.717) is 11.8 Å². The van der Waals surface area contributed by atoms with Crippen LogP contribution in [0.5, 0.6) is 0 Å². The number of pyridine rings is 2. The fourth-order valence-electron chi connectivity index (χ4n) is 5.04. The van der Waals surface area contributed by atoms with Crippen molar-refractivity contribution in [1.29, 1.82) is 0 Å². The highest BCUT2D eigenvalue weighted by Gasteiger charge is 2.25. The smallest absolute Gasteiger partial charge is 0.140 e. The van der Waals surface area contributed by atoms with E-state index in [1.54, 1.807) is 0 Å². The SMILES string of the molecule is CCn1cc(-c2[nH]c3ccc(C4CCC(O)CC4)nc3c2C(C)C)c2cccnc21. The van der Waals surface area contributed by atoms with E-state index in [9.17, 15) is 5.11 Å². The molecule has 5 nitrogen and oxygen atoms in total. The molecule has 30 heavy (non-hydrogen) atoms. The third-order valence-corrected chi connectivity index (χ3v) is 6.64. The number of hydrogen-bond donors (Lipinski definition) is 2. The molecule has 1 aliphatic rings. The average Bonchev–Trinajstić information content (AvgIpc) is 3.32. The van der Waals surface area contributed by atoms with Crippen LogP contribution in [-0.2, 0) is 6.54 Å². The highest BCUT2D eigenvalue weighted by molar-refractivity contribution is 5.98. The Morgan fingerprint density at radius 3 is 2.70 bits per heavy atom. The van der Waals surface area contributed by atoms with E-state index in [4.69, 9.17) is 4.98 Å². The molecule has 4 heterocycles. The van der Waals surface area contributed by atoms with E-state index >= 15 is 0 Å². The van der Waals surface area contributed by atoms with Crippen molar-refractivity contribution in [2.24, 2.45) is 0 Å². The Hall–Kier alpha value is -2.66. The maximum atomic E-state index is 9.87. The van der Waals surface area contributed by atoms with Gasteiger partial charge in [-0.3, -0.25) is 4.98 Å². The van der Waals surface area contributed by atoms with E-state index < -0.39 is 0 Å². The molecule has 0 spiro atoms. The maximum Gasteiger partial charge on any atom is 0.140 e. The van der Waals surface area contributed by atoms with Crippen molar-refractivity contribution in [2.45, 2.75) is 70.9 Å². The van der Waals surface area contributed by atoms with E-state index in [1.165, 1.54) is 22.2 Å². The van der Waals surface area contributed by atoms with Crippen LogP contribution in [0.4, 0.5) is 0 Å². The van der Waals surface area contributed by atoms with Gasteiger partial charge >= 0.3 is 0 Å². The molecule has 0 atom stereocenters. The molecule has 0 saturated heterocycles. The summed E-state index contributed by atoms with van der Waals surface area (Å²) in [6.07, 6.45) is 7.74. The lowest BCUT2D eigenvalue weighted by Crippen LogP contribution is -2.17. The summed E-state index contributed by atoms with van der Waals surface area (Å²) in [4.78, 5) is 13.5. The lowest BCUT2D eigenvalue weighted by atomic mass is 9.85. The molecular formula is C25H30N4O. The number of nitrogens with zero attached hydrogens (tertiary/aromatic N) is 3. The Morgan fingerprint density at radius 2 is 1.97 bits per heavy atom. The highest BCUT2D eigenvalue weighted by Crippen LogP contribution is 2.40. The number of fused-ring (bicyclic) bond motifs is 2. The molecule has 0 radical (unpaired) electrons. The fraction of sp³-hybridized carbons (Fsp3) is 0.440. The van der Waals surface area contributed by atoms with E-state index in [-0.39, 0.29) is 6.10 Å². The van der Waals surface area contributed by atoms with Crippen molar-refractivity contribution in [1.82, 2.24) is 19.5 Å². The number of H-pyrrole nitrogens is 1. The topological polar surface area (TPSA) is 66.7 Å². The van der Waals surface area contributed by atoms with Crippen LogP contribution < -0.4 is 0 Å². The van der Waals surface area contributed by atoms with Gasteiger partial charge in [0.25, 0.3) is 0 Å². The molecule has 2 N–H and O–H groups in total. The number of aliphatic hydroxyl groups excluding tert-OH is 1. The minimum absolute atomic E-state index is 0.139. The van der Waals surface area contributed by atoms with Crippen molar-refractivity contribution in [3.05, 3.63) is 47.9 Å². The summed E-state index contributed by atoms with van der Waals surface area (Å²) in [5, 5.41) is 11.0. The number of hydrogen-bond acceptors (Lipinski definition) is 3. The number of nitrogens with one attached hydrogen (secondary N) is 1. The Balaban J connectivity index is 1.67. The third kappa shape index (κ3) is 3.12. The van der Waals surface area contributed by atoms with Gasteiger partial charge in [-0.25, -0.2) is 4.98 Å². The van der Waals surface area contributed by atoms with Crippen molar-refractivity contribution in [2.75, 3.05) is 0 Å². The number of rotatable bonds is 4. The minimum atomic E-state index is -0.139. The monoisotopic (exact) mass is 402 g/mol. The number of aromatic amines is 1. The minimum Gasteiger partial charge on any atom is -0.393 e. The van der Waals surface area contributed by atoms with Crippen molar-refractivity contribution >= 4 is 22.1 Å². The Kier molecular flexibility index (Phi) is 4.86. The van der Waals surface area contributed by atoms with Crippen LogP contribution in [0.25, 0.3) is 33.3 Å². The van der Waals surface area contributed by atoms with Crippen molar-refractivity contribution in [3.8, 4) is 11.3 Å². The number of aliphatic hydroxyl groups is 1. The van der Waals surface area contributed by atoms with Gasteiger partial charge < -0.3 is 14.7 Å². The molecule has 4 aromatic heterocycles. The molecule has 1 aliphatic carbocycles.